The lowest BCUT2D eigenvalue weighted by Crippen LogP contribution is -2.52. The number of ether oxygens (including phenoxy) is 1. The summed E-state index contributed by atoms with van der Waals surface area (Å²) in [6, 6.07) is -0.342. The lowest BCUT2D eigenvalue weighted by atomic mass is 9.63. The average Bonchev–Trinajstić information content (AvgIpc) is 2.50. The Morgan fingerprint density at radius 1 is 1.24 bits per heavy atom. The van der Waals surface area contributed by atoms with Gasteiger partial charge in [0.2, 0.25) is 0 Å². The Labute approximate surface area is 154 Å². The molecular formula is C21H39NO3. The van der Waals surface area contributed by atoms with Crippen LogP contribution in [0.4, 0.5) is 4.79 Å². The SMILES string of the molecule is C=C[C@@H](CC1([C@H](O)[C@H](C)NC(=O)OC(C)(C)C)CCCCC1)C(C)C. The Morgan fingerprint density at radius 2 is 1.80 bits per heavy atom. The molecule has 1 fully saturated rings. The van der Waals surface area contributed by atoms with E-state index in [-0.39, 0.29) is 11.5 Å². The summed E-state index contributed by atoms with van der Waals surface area (Å²) in [4.78, 5) is 12.1. The van der Waals surface area contributed by atoms with Crippen LogP contribution >= 0.6 is 0 Å². The Hall–Kier alpha value is -1.03. The van der Waals surface area contributed by atoms with Crippen LogP contribution in [0.2, 0.25) is 0 Å². The van der Waals surface area contributed by atoms with E-state index in [0.29, 0.717) is 11.8 Å². The Kier molecular flexibility index (Phi) is 7.98. The number of hydrogen-bond acceptors (Lipinski definition) is 3. The molecule has 2 N–H and O–H groups in total. The standard InChI is InChI=1S/C21H39NO3/c1-8-17(15(2)3)14-21(12-10-9-11-13-21)18(23)16(4)22-19(24)25-20(5,6)7/h8,15-18,23H,1,9-14H2,2-7H3,(H,22,24)/t16-,17-,18+/m0/s1. The number of alkyl carbamates (subject to hydrolysis) is 1. The number of allylic oxidation sites excluding steroid dienone is 1. The Morgan fingerprint density at radius 3 is 2.24 bits per heavy atom. The molecule has 0 saturated heterocycles. The van der Waals surface area contributed by atoms with E-state index in [9.17, 15) is 9.90 Å². The van der Waals surface area contributed by atoms with E-state index in [0.717, 1.165) is 32.1 Å². The molecule has 146 valence electrons. The lowest BCUT2D eigenvalue weighted by Gasteiger charge is -2.45. The van der Waals surface area contributed by atoms with Gasteiger partial charge in [0.25, 0.3) is 0 Å². The van der Waals surface area contributed by atoms with Crippen LogP contribution in [0, 0.1) is 17.3 Å². The van der Waals surface area contributed by atoms with Crippen molar-refractivity contribution in [2.24, 2.45) is 17.3 Å². The van der Waals surface area contributed by atoms with Crippen LogP contribution in [0.3, 0.4) is 0 Å². The van der Waals surface area contributed by atoms with E-state index < -0.39 is 17.8 Å². The summed E-state index contributed by atoms with van der Waals surface area (Å²) < 4.78 is 5.34. The summed E-state index contributed by atoms with van der Waals surface area (Å²) in [6.45, 7) is 15.8. The van der Waals surface area contributed by atoms with Crippen LogP contribution in [0.25, 0.3) is 0 Å². The molecule has 1 saturated carbocycles. The fourth-order valence-electron chi connectivity index (χ4n) is 4.04. The zero-order valence-electron chi connectivity index (χ0n) is 17.1. The molecular weight excluding hydrogens is 314 g/mol. The van der Waals surface area contributed by atoms with Crippen molar-refractivity contribution in [2.45, 2.75) is 97.8 Å². The van der Waals surface area contributed by atoms with Crippen LogP contribution in [0.1, 0.15) is 80.1 Å². The maximum absolute atomic E-state index is 12.1. The van der Waals surface area contributed by atoms with Crippen molar-refractivity contribution >= 4 is 6.09 Å². The molecule has 1 rings (SSSR count). The van der Waals surface area contributed by atoms with Crippen LogP contribution in [0.15, 0.2) is 12.7 Å². The number of rotatable bonds is 7. The molecule has 3 atom stereocenters. The molecule has 1 amide bonds. The zero-order valence-corrected chi connectivity index (χ0v) is 17.1. The maximum atomic E-state index is 12.1. The van der Waals surface area contributed by atoms with Gasteiger partial charge >= 0.3 is 6.09 Å². The molecule has 1 aliphatic carbocycles. The van der Waals surface area contributed by atoms with E-state index in [4.69, 9.17) is 4.74 Å². The predicted octanol–water partition coefficient (Wildman–Crippen LogP) is 5.06. The quantitative estimate of drug-likeness (QED) is 0.629. The highest BCUT2D eigenvalue weighted by molar-refractivity contribution is 5.68. The topological polar surface area (TPSA) is 58.6 Å². The zero-order chi connectivity index (χ0) is 19.3. The molecule has 0 unspecified atom stereocenters. The second-order valence-electron chi connectivity index (χ2n) is 9.15. The maximum Gasteiger partial charge on any atom is 0.407 e. The number of hydrogen-bond donors (Lipinski definition) is 2. The van der Waals surface area contributed by atoms with Crippen molar-refractivity contribution in [2.75, 3.05) is 0 Å². The molecule has 1 aliphatic rings. The first-order valence-electron chi connectivity index (χ1n) is 9.81. The summed E-state index contributed by atoms with van der Waals surface area (Å²) in [5.74, 6) is 0.874. The van der Waals surface area contributed by atoms with Gasteiger partial charge in [0.15, 0.2) is 0 Å². The van der Waals surface area contributed by atoms with Crippen LogP contribution < -0.4 is 5.32 Å². The summed E-state index contributed by atoms with van der Waals surface area (Å²) in [6.07, 6.45) is 7.42. The molecule has 0 spiro atoms. The van der Waals surface area contributed by atoms with E-state index in [2.05, 4.69) is 25.7 Å². The number of carbonyl (C=O) groups excluding carboxylic acids is 1. The van der Waals surface area contributed by atoms with Gasteiger partial charge in [0, 0.05) is 0 Å². The first-order valence-corrected chi connectivity index (χ1v) is 9.81. The van der Waals surface area contributed by atoms with Gasteiger partial charge < -0.3 is 15.2 Å². The number of nitrogens with one attached hydrogen (secondary N) is 1. The second kappa shape index (κ2) is 9.07. The van der Waals surface area contributed by atoms with Gasteiger partial charge in [0.1, 0.15) is 5.60 Å². The van der Waals surface area contributed by atoms with Crippen molar-refractivity contribution in [3.63, 3.8) is 0 Å². The molecule has 25 heavy (non-hydrogen) atoms. The normalized spacial score (nSPS) is 21.3. The monoisotopic (exact) mass is 353 g/mol. The number of aliphatic hydroxyl groups excluding tert-OH is 1. The predicted molar refractivity (Wildman–Crippen MR) is 103 cm³/mol. The third-order valence-electron chi connectivity index (χ3n) is 5.50. The summed E-state index contributed by atoms with van der Waals surface area (Å²) in [5.41, 5.74) is -0.696. The van der Waals surface area contributed by atoms with E-state index in [1.807, 2.05) is 33.8 Å². The molecule has 0 aromatic heterocycles. The third kappa shape index (κ3) is 6.65. The first-order chi connectivity index (χ1) is 11.5. The highest BCUT2D eigenvalue weighted by Gasteiger charge is 2.43. The summed E-state index contributed by atoms with van der Waals surface area (Å²) in [5, 5.41) is 14.0. The van der Waals surface area contributed by atoms with E-state index in [1.165, 1.54) is 6.42 Å². The van der Waals surface area contributed by atoms with Crippen LogP contribution in [0.5, 0.6) is 0 Å². The minimum atomic E-state index is -0.582. The van der Waals surface area contributed by atoms with Crippen LogP contribution in [-0.2, 0) is 4.74 Å². The highest BCUT2D eigenvalue weighted by atomic mass is 16.6. The molecule has 4 heteroatoms. The first kappa shape index (κ1) is 22.0. The number of amides is 1. The lowest BCUT2D eigenvalue weighted by molar-refractivity contribution is -0.0416. The highest BCUT2D eigenvalue weighted by Crippen LogP contribution is 2.46. The molecule has 4 nitrogen and oxygen atoms in total. The van der Waals surface area contributed by atoms with Gasteiger partial charge in [-0.1, -0.05) is 39.2 Å². The van der Waals surface area contributed by atoms with E-state index >= 15 is 0 Å². The van der Waals surface area contributed by atoms with Crippen molar-refractivity contribution < 1.29 is 14.6 Å². The average molecular weight is 354 g/mol. The summed E-state index contributed by atoms with van der Waals surface area (Å²) >= 11 is 0. The fourth-order valence-corrected chi connectivity index (χ4v) is 4.04. The third-order valence-corrected chi connectivity index (χ3v) is 5.50. The van der Waals surface area contributed by atoms with Gasteiger partial charge in [-0.2, -0.15) is 0 Å². The van der Waals surface area contributed by atoms with Crippen molar-refractivity contribution in [1.29, 1.82) is 0 Å². The molecule has 0 radical (unpaired) electrons. The van der Waals surface area contributed by atoms with Gasteiger partial charge in [-0.05, 0) is 64.2 Å². The second-order valence-corrected chi connectivity index (χ2v) is 9.15. The number of aliphatic hydroxyl groups is 1. The molecule has 0 aliphatic heterocycles. The molecule has 0 aromatic carbocycles. The molecule has 0 aromatic rings. The van der Waals surface area contributed by atoms with Gasteiger partial charge in [-0.25, -0.2) is 4.79 Å². The molecule has 0 bridgehead atoms. The summed E-state index contributed by atoms with van der Waals surface area (Å²) in [7, 11) is 0. The minimum Gasteiger partial charge on any atom is -0.444 e. The Bertz CT molecular complexity index is 433. The molecule has 0 heterocycles. The largest absolute Gasteiger partial charge is 0.444 e. The van der Waals surface area contributed by atoms with Crippen molar-refractivity contribution in [3.05, 3.63) is 12.7 Å². The van der Waals surface area contributed by atoms with Gasteiger partial charge in [-0.3, -0.25) is 0 Å². The Balaban J connectivity index is 2.86. The van der Waals surface area contributed by atoms with Crippen molar-refractivity contribution in [1.82, 2.24) is 5.32 Å². The van der Waals surface area contributed by atoms with Crippen LogP contribution in [-0.4, -0.2) is 28.9 Å². The minimum absolute atomic E-state index is 0.157. The smallest absolute Gasteiger partial charge is 0.407 e. The van der Waals surface area contributed by atoms with E-state index in [1.54, 1.807) is 0 Å². The van der Waals surface area contributed by atoms with Crippen molar-refractivity contribution in [3.8, 4) is 0 Å². The van der Waals surface area contributed by atoms with Gasteiger partial charge in [-0.15, -0.1) is 6.58 Å². The fraction of sp³-hybridized carbons (Fsp3) is 0.857. The number of carbonyl (C=O) groups is 1. The van der Waals surface area contributed by atoms with Gasteiger partial charge in [0.05, 0.1) is 12.1 Å².